The molecular weight excluding hydrogens is 472 g/mol. The summed E-state index contributed by atoms with van der Waals surface area (Å²) in [6, 6.07) is 12.4. The Balaban J connectivity index is 1.58. The molecule has 0 aliphatic rings. The summed E-state index contributed by atoms with van der Waals surface area (Å²) in [5.41, 5.74) is 2.56. The molecular formula is C38H24O. The average Bonchev–Trinajstić information content (AvgIpc) is 3.52. The molecule has 0 N–H and O–H groups in total. The van der Waals surface area contributed by atoms with Gasteiger partial charge in [0.25, 0.3) is 0 Å². The summed E-state index contributed by atoms with van der Waals surface area (Å²) in [5, 5.41) is 0.755. The summed E-state index contributed by atoms with van der Waals surface area (Å²) in [4.78, 5) is 0. The Labute approximate surface area is 244 Å². The molecule has 0 spiro atoms. The molecule has 0 radical (unpaired) electrons. The van der Waals surface area contributed by atoms with E-state index in [4.69, 9.17) is 22.2 Å². The van der Waals surface area contributed by atoms with Crippen LogP contribution in [0, 0.1) is 0 Å². The molecule has 0 atom stereocenters. The van der Waals surface area contributed by atoms with E-state index in [-0.39, 0.29) is 32.7 Å². The normalized spacial score (nSPS) is 16.3. The third-order valence-corrected chi connectivity index (χ3v) is 6.99. The van der Waals surface area contributed by atoms with Crippen molar-refractivity contribution in [2.45, 2.75) is 0 Å². The molecule has 39 heavy (non-hydrogen) atoms. The van der Waals surface area contributed by atoms with Gasteiger partial charge in [-0.05, 0) is 79.2 Å². The molecule has 0 saturated heterocycles. The van der Waals surface area contributed by atoms with Gasteiger partial charge in [0.2, 0.25) is 0 Å². The number of furan rings is 1. The van der Waals surface area contributed by atoms with Crippen molar-refractivity contribution in [3.05, 3.63) is 145 Å². The van der Waals surface area contributed by atoms with E-state index in [0.717, 1.165) is 21.9 Å². The Bertz CT molecular complexity index is 2770. The summed E-state index contributed by atoms with van der Waals surface area (Å²) < 4.78 is 120. The van der Waals surface area contributed by atoms with Crippen molar-refractivity contribution in [2.75, 3.05) is 0 Å². The number of fused-ring (bicyclic) bond motifs is 5. The first-order valence-corrected chi connectivity index (χ1v) is 12.3. The first-order chi connectivity index (χ1) is 24.7. The molecule has 0 aliphatic heterocycles. The smallest absolute Gasteiger partial charge is 0.136 e. The quantitative estimate of drug-likeness (QED) is 0.216. The van der Waals surface area contributed by atoms with E-state index >= 15 is 0 Å². The van der Waals surface area contributed by atoms with Crippen LogP contribution < -0.4 is 0 Å². The zero-order valence-corrected chi connectivity index (χ0v) is 20.3. The second-order valence-corrected chi connectivity index (χ2v) is 9.14. The van der Waals surface area contributed by atoms with Crippen LogP contribution >= 0.6 is 0 Å². The van der Waals surface area contributed by atoms with Crippen LogP contribution in [0.5, 0.6) is 0 Å². The van der Waals surface area contributed by atoms with Gasteiger partial charge in [-0.1, -0.05) is 121 Å². The van der Waals surface area contributed by atoms with Crippen molar-refractivity contribution in [3.63, 3.8) is 0 Å². The first-order valence-electron chi connectivity index (χ1n) is 18.8. The number of hydrogen-bond donors (Lipinski definition) is 0. The minimum Gasteiger partial charge on any atom is -0.456 e. The number of benzene rings is 7. The van der Waals surface area contributed by atoms with E-state index in [2.05, 4.69) is 0 Å². The summed E-state index contributed by atoms with van der Waals surface area (Å²) in [6.45, 7) is 0. The monoisotopic (exact) mass is 509 g/mol. The zero-order valence-electron chi connectivity index (χ0n) is 33.3. The molecule has 7 aromatic carbocycles. The van der Waals surface area contributed by atoms with Crippen LogP contribution in [-0.4, -0.2) is 0 Å². The fourth-order valence-corrected chi connectivity index (χ4v) is 5.28. The van der Waals surface area contributed by atoms with E-state index in [9.17, 15) is 0 Å². The third kappa shape index (κ3) is 3.48. The lowest BCUT2D eigenvalue weighted by Crippen LogP contribution is -1.90. The van der Waals surface area contributed by atoms with Crippen molar-refractivity contribution in [3.8, 4) is 33.4 Å². The Morgan fingerprint density at radius 1 is 0.385 bits per heavy atom. The highest BCUT2D eigenvalue weighted by Crippen LogP contribution is 2.44. The highest BCUT2D eigenvalue weighted by atomic mass is 16.3. The topological polar surface area (TPSA) is 13.1 Å². The predicted octanol–water partition coefficient (Wildman–Crippen LogP) is 10.9. The standard InChI is InChI=1S/C38H24O/c1-3-11-25(12-4-1)27-20-22-35-34(23-27)29-21-19-28(24-36(29)39-35)38-32-17-9-7-15-30(32)37(26-13-5-2-6-14-26)31-16-8-10-18-33(31)38/h1-24H/i2D,5D,6D,7D,8D,9D,10D,13D,14D,15D,16D,17D,18D. The predicted molar refractivity (Wildman–Crippen MR) is 165 cm³/mol. The fourth-order valence-electron chi connectivity index (χ4n) is 5.28. The van der Waals surface area contributed by atoms with E-state index in [1.165, 1.54) is 0 Å². The van der Waals surface area contributed by atoms with Gasteiger partial charge in [0.05, 0.1) is 17.8 Å². The molecule has 1 heteroatoms. The second kappa shape index (κ2) is 8.72. The molecule has 0 aliphatic carbocycles. The van der Waals surface area contributed by atoms with Crippen molar-refractivity contribution in [1.29, 1.82) is 0 Å². The summed E-state index contributed by atoms with van der Waals surface area (Å²) in [5.74, 6) is 0. The van der Waals surface area contributed by atoms with Gasteiger partial charge in [-0.3, -0.25) is 0 Å². The van der Waals surface area contributed by atoms with E-state index in [0.29, 0.717) is 16.7 Å². The lowest BCUT2D eigenvalue weighted by atomic mass is 9.86. The fraction of sp³-hybridized carbons (Fsp3) is 0. The van der Waals surface area contributed by atoms with Gasteiger partial charge in [0, 0.05) is 10.8 Å². The van der Waals surface area contributed by atoms with Crippen molar-refractivity contribution >= 4 is 43.5 Å². The van der Waals surface area contributed by atoms with Gasteiger partial charge >= 0.3 is 0 Å². The average molecular weight is 510 g/mol. The maximum absolute atomic E-state index is 9.15. The second-order valence-electron chi connectivity index (χ2n) is 9.14. The van der Waals surface area contributed by atoms with Crippen molar-refractivity contribution in [2.24, 2.45) is 0 Å². The van der Waals surface area contributed by atoms with Crippen molar-refractivity contribution < 1.29 is 22.2 Å². The van der Waals surface area contributed by atoms with Gasteiger partial charge < -0.3 is 4.42 Å². The van der Waals surface area contributed by atoms with E-state index in [1.54, 1.807) is 18.2 Å². The SMILES string of the molecule is [2H]c1c([2H])c([2H])c(-c2c3c([2H])c([2H])c([2H])c([2H])c3c(-c3ccc4c(c3)oc3ccc(-c5ccccc5)cc34)c3c([2H])c([2H])c([2H])c([2H])c23)c([2H])c1[2H]. The molecule has 0 amide bonds. The summed E-state index contributed by atoms with van der Waals surface area (Å²) in [6.07, 6.45) is 0. The summed E-state index contributed by atoms with van der Waals surface area (Å²) in [7, 11) is 0. The molecule has 8 aromatic rings. The van der Waals surface area contributed by atoms with Crippen LogP contribution in [0.1, 0.15) is 17.8 Å². The maximum Gasteiger partial charge on any atom is 0.136 e. The highest BCUT2D eigenvalue weighted by Gasteiger charge is 2.17. The minimum atomic E-state index is -0.714. The van der Waals surface area contributed by atoms with Crippen LogP contribution in [0.15, 0.2) is 150 Å². The Hall–Kier alpha value is -5.14. The Kier molecular flexibility index (Phi) is 2.82. The van der Waals surface area contributed by atoms with E-state index in [1.807, 2.05) is 48.5 Å². The molecule has 182 valence electrons. The Morgan fingerprint density at radius 2 is 0.974 bits per heavy atom. The summed E-state index contributed by atoms with van der Waals surface area (Å²) >= 11 is 0. The van der Waals surface area contributed by atoms with Gasteiger partial charge in [-0.15, -0.1) is 0 Å². The Morgan fingerprint density at radius 3 is 1.64 bits per heavy atom. The molecule has 0 bridgehead atoms. The number of hydrogen-bond acceptors (Lipinski definition) is 1. The zero-order chi connectivity index (χ0) is 37.1. The lowest BCUT2D eigenvalue weighted by molar-refractivity contribution is 0.669. The molecule has 0 fully saturated rings. The van der Waals surface area contributed by atoms with Gasteiger partial charge in [-0.2, -0.15) is 0 Å². The van der Waals surface area contributed by atoms with Crippen molar-refractivity contribution in [1.82, 2.24) is 0 Å². The molecule has 8 rings (SSSR count). The lowest BCUT2D eigenvalue weighted by Gasteiger charge is -2.17. The van der Waals surface area contributed by atoms with Crippen LogP contribution in [-0.2, 0) is 0 Å². The van der Waals surface area contributed by atoms with E-state index < -0.39 is 84.1 Å². The molecule has 0 saturated carbocycles. The minimum absolute atomic E-state index is 0.0486. The molecule has 0 unspecified atom stereocenters. The third-order valence-electron chi connectivity index (χ3n) is 6.99. The van der Waals surface area contributed by atoms with Gasteiger partial charge in [0.1, 0.15) is 11.2 Å². The maximum atomic E-state index is 9.15. The molecule has 1 aromatic heterocycles. The van der Waals surface area contributed by atoms with Crippen LogP contribution in [0.2, 0.25) is 0 Å². The number of rotatable bonds is 3. The van der Waals surface area contributed by atoms with Crippen LogP contribution in [0.3, 0.4) is 0 Å². The first kappa shape index (κ1) is 12.6. The largest absolute Gasteiger partial charge is 0.456 e. The molecule has 1 heterocycles. The van der Waals surface area contributed by atoms with Crippen LogP contribution in [0.4, 0.5) is 0 Å². The van der Waals surface area contributed by atoms with Gasteiger partial charge in [-0.25, -0.2) is 0 Å². The highest BCUT2D eigenvalue weighted by molar-refractivity contribution is 6.22. The molecule has 1 nitrogen and oxygen atoms in total. The van der Waals surface area contributed by atoms with Gasteiger partial charge in [0.15, 0.2) is 0 Å². The van der Waals surface area contributed by atoms with Crippen LogP contribution in [0.25, 0.3) is 76.9 Å².